The van der Waals surface area contributed by atoms with Gasteiger partial charge in [-0.25, -0.2) is 0 Å². The fourth-order valence-electron chi connectivity index (χ4n) is 12.8. The van der Waals surface area contributed by atoms with Crippen molar-refractivity contribution in [2.24, 2.45) is 0 Å². The Hall–Kier alpha value is -8.63. The average Bonchev–Trinajstić information content (AvgIpc) is 3.91. The molecule has 0 unspecified atom stereocenters. The molecule has 2 aliphatic carbocycles. The third-order valence-corrected chi connectivity index (χ3v) is 16.8. The summed E-state index contributed by atoms with van der Waals surface area (Å²) < 4.78 is 6.74. The number of para-hydroxylation sites is 2. The molecule has 0 fully saturated rings. The van der Waals surface area contributed by atoms with Crippen molar-refractivity contribution in [2.75, 3.05) is 4.90 Å². The average molecular weight is 922 g/mol. The van der Waals surface area contributed by atoms with E-state index in [0.717, 1.165) is 39.7 Å². The maximum Gasteiger partial charge on any atom is 0.132 e. The molecule has 15 rings (SSSR count). The van der Waals surface area contributed by atoms with E-state index in [-0.39, 0.29) is 0 Å². The molecular weight excluding hydrogens is 879 g/mol. The van der Waals surface area contributed by atoms with Gasteiger partial charge in [-0.2, -0.15) is 0 Å². The Kier molecular flexibility index (Phi) is 8.76. The lowest BCUT2D eigenvalue weighted by Crippen LogP contribution is -2.32. The van der Waals surface area contributed by atoms with E-state index in [9.17, 15) is 0 Å². The van der Waals surface area contributed by atoms with Gasteiger partial charge >= 0.3 is 0 Å². The van der Waals surface area contributed by atoms with Crippen LogP contribution >= 0.6 is 11.8 Å². The van der Waals surface area contributed by atoms with Crippen LogP contribution in [0.2, 0.25) is 0 Å². The molecule has 3 heteroatoms. The molecule has 2 aliphatic heterocycles. The van der Waals surface area contributed by atoms with Gasteiger partial charge in [0.05, 0.1) is 16.5 Å². The van der Waals surface area contributed by atoms with Crippen molar-refractivity contribution in [2.45, 2.75) is 20.6 Å². The molecule has 2 nitrogen and oxygen atoms in total. The van der Waals surface area contributed by atoms with Crippen LogP contribution in [0, 0.1) is 0 Å². The Balaban J connectivity index is 0.961. The maximum atomic E-state index is 6.74. The van der Waals surface area contributed by atoms with E-state index in [2.05, 4.69) is 266 Å². The summed E-state index contributed by atoms with van der Waals surface area (Å²) >= 11 is 1.89. The summed E-state index contributed by atoms with van der Waals surface area (Å²) in [6.07, 6.45) is 0. The summed E-state index contributed by atoms with van der Waals surface area (Å²) in [4.78, 5) is 5.05. The van der Waals surface area contributed by atoms with Crippen molar-refractivity contribution in [3.8, 4) is 56.0 Å². The van der Waals surface area contributed by atoms with Crippen LogP contribution in [0.3, 0.4) is 0 Å². The monoisotopic (exact) mass is 921 g/mol. The van der Waals surface area contributed by atoms with E-state index in [0.29, 0.717) is 0 Å². The first-order valence-electron chi connectivity index (χ1n) is 24.5. The number of ether oxygens (including phenoxy) is 1. The number of nitrogens with zero attached hydrogens (tertiary/aromatic N) is 1. The molecule has 0 bridgehead atoms. The standard InChI is InChI=1S/C68H43NOS/c1-2-17-44(18-3-1)45-33-35-46(36-34-45)47-37-39-48(40-38-47)69(49-41-42-59-65(43-49)71-64-32-15-12-27-58(64)67(59)53-22-7-4-19-50(53)51-20-5-8-23-54(51)67)61-29-16-28-60-66(61)52-21-6-9-24-55(52)68(60)56-25-10-13-30-62(56)70-63-31-14-11-26-57(63)68/h1-43H. The molecule has 4 aliphatic rings. The van der Waals surface area contributed by atoms with Crippen molar-refractivity contribution in [1.82, 2.24) is 0 Å². The highest BCUT2D eigenvalue weighted by atomic mass is 32.2. The fraction of sp³-hybridized carbons (Fsp3) is 0.0294. The van der Waals surface area contributed by atoms with Crippen LogP contribution in [0.25, 0.3) is 44.5 Å². The van der Waals surface area contributed by atoms with Gasteiger partial charge in [0.25, 0.3) is 0 Å². The molecule has 0 saturated heterocycles. The zero-order chi connectivity index (χ0) is 46.7. The van der Waals surface area contributed by atoms with Crippen molar-refractivity contribution < 1.29 is 4.74 Å². The van der Waals surface area contributed by atoms with Crippen molar-refractivity contribution in [3.05, 3.63) is 305 Å². The molecule has 71 heavy (non-hydrogen) atoms. The minimum atomic E-state index is -0.597. The summed E-state index contributed by atoms with van der Waals surface area (Å²) in [7, 11) is 0. The summed E-state index contributed by atoms with van der Waals surface area (Å²) in [6, 6.07) is 96.5. The van der Waals surface area contributed by atoms with Crippen LogP contribution in [0.5, 0.6) is 11.5 Å². The molecule has 0 amide bonds. The SMILES string of the molecule is c1ccc(-c2ccc(-c3ccc(N(c4ccc5c(c4)Sc4ccccc4C54c5ccccc5-c5ccccc54)c4cccc5c4-c4ccccc4C54c5ccccc5Oc5ccccc54)cc3)cc2)cc1. The van der Waals surface area contributed by atoms with Gasteiger partial charge in [0, 0.05) is 37.9 Å². The largest absolute Gasteiger partial charge is 0.457 e. The Bertz CT molecular complexity index is 3860. The molecule has 2 heterocycles. The summed E-state index contributed by atoms with van der Waals surface area (Å²) in [5, 5.41) is 0. The van der Waals surface area contributed by atoms with Crippen LogP contribution < -0.4 is 9.64 Å². The van der Waals surface area contributed by atoms with Gasteiger partial charge in [-0.3, -0.25) is 0 Å². The summed E-state index contributed by atoms with van der Waals surface area (Å²) in [6.45, 7) is 0. The second-order valence-corrected chi connectivity index (χ2v) is 20.1. The zero-order valence-corrected chi connectivity index (χ0v) is 39.4. The van der Waals surface area contributed by atoms with E-state index in [1.165, 1.54) is 87.7 Å². The number of fused-ring (bicyclic) bond motifs is 18. The third kappa shape index (κ3) is 5.61. The second-order valence-electron chi connectivity index (χ2n) is 19.0. The highest BCUT2D eigenvalue weighted by Gasteiger charge is 2.53. The third-order valence-electron chi connectivity index (χ3n) is 15.6. The van der Waals surface area contributed by atoms with Gasteiger partial charge in [0.2, 0.25) is 0 Å². The normalized spacial score (nSPS) is 14.2. The van der Waals surface area contributed by atoms with Gasteiger partial charge in [0.15, 0.2) is 0 Å². The lowest BCUT2D eigenvalue weighted by atomic mass is 9.66. The lowest BCUT2D eigenvalue weighted by Gasteiger charge is -2.40. The number of benzene rings is 11. The second kappa shape index (κ2) is 15.4. The fourth-order valence-corrected chi connectivity index (χ4v) is 14.0. The highest BCUT2D eigenvalue weighted by Crippen LogP contribution is 2.66. The van der Waals surface area contributed by atoms with Crippen LogP contribution in [0.15, 0.2) is 271 Å². The smallest absolute Gasteiger partial charge is 0.132 e. The molecule has 0 atom stereocenters. The van der Waals surface area contributed by atoms with Crippen molar-refractivity contribution in [3.63, 3.8) is 0 Å². The molecule has 11 aromatic carbocycles. The number of rotatable bonds is 5. The van der Waals surface area contributed by atoms with Crippen LogP contribution in [-0.4, -0.2) is 0 Å². The highest BCUT2D eigenvalue weighted by molar-refractivity contribution is 7.99. The molecule has 0 N–H and O–H groups in total. The molecule has 0 saturated carbocycles. The maximum absolute atomic E-state index is 6.74. The predicted molar refractivity (Wildman–Crippen MR) is 291 cm³/mol. The molecule has 332 valence electrons. The van der Waals surface area contributed by atoms with Gasteiger partial charge in [0.1, 0.15) is 11.5 Å². The number of anilines is 3. The number of hydrogen-bond acceptors (Lipinski definition) is 3. The zero-order valence-electron chi connectivity index (χ0n) is 38.6. The quantitative estimate of drug-likeness (QED) is 0.171. The Morgan fingerprint density at radius 1 is 0.296 bits per heavy atom. The molecule has 0 aromatic heterocycles. The minimum absolute atomic E-state index is 0.464. The van der Waals surface area contributed by atoms with Crippen LogP contribution in [0.4, 0.5) is 17.1 Å². The van der Waals surface area contributed by atoms with Gasteiger partial charge in [-0.15, -0.1) is 0 Å². The van der Waals surface area contributed by atoms with Gasteiger partial charge in [-0.05, 0) is 121 Å². The molecular formula is C68H43NOS. The van der Waals surface area contributed by atoms with E-state index in [4.69, 9.17) is 4.74 Å². The van der Waals surface area contributed by atoms with E-state index in [1.807, 2.05) is 11.8 Å². The first kappa shape index (κ1) is 40.3. The topological polar surface area (TPSA) is 12.5 Å². The lowest BCUT2D eigenvalue weighted by molar-refractivity contribution is 0.436. The Morgan fingerprint density at radius 2 is 0.732 bits per heavy atom. The first-order valence-corrected chi connectivity index (χ1v) is 25.3. The van der Waals surface area contributed by atoms with E-state index < -0.39 is 10.8 Å². The Labute approximate surface area is 418 Å². The van der Waals surface area contributed by atoms with Gasteiger partial charge in [-0.1, -0.05) is 224 Å². The van der Waals surface area contributed by atoms with Crippen molar-refractivity contribution in [1.29, 1.82) is 0 Å². The minimum Gasteiger partial charge on any atom is -0.457 e. The van der Waals surface area contributed by atoms with Crippen LogP contribution in [0.1, 0.15) is 44.5 Å². The molecule has 11 aromatic rings. The number of hydrogen-bond donors (Lipinski definition) is 0. The van der Waals surface area contributed by atoms with Gasteiger partial charge < -0.3 is 9.64 Å². The summed E-state index contributed by atoms with van der Waals surface area (Å²) in [5.74, 6) is 1.78. The van der Waals surface area contributed by atoms with E-state index in [1.54, 1.807) is 0 Å². The van der Waals surface area contributed by atoms with E-state index >= 15 is 0 Å². The predicted octanol–water partition coefficient (Wildman–Crippen LogP) is 17.8. The molecule has 0 radical (unpaired) electrons. The molecule has 2 spiro atoms. The van der Waals surface area contributed by atoms with Crippen molar-refractivity contribution >= 4 is 28.8 Å². The summed E-state index contributed by atoms with van der Waals surface area (Å²) in [5.41, 5.74) is 22.2. The first-order chi connectivity index (χ1) is 35.2. The Morgan fingerprint density at radius 3 is 1.37 bits per heavy atom. The van der Waals surface area contributed by atoms with Crippen LogP contribution in [-0.2, 0) is 10.8 Å².